The number of anilines is 2. The van der Waals surface area contributed by atoms with Crippen LogP contribution in [0.15, 0.2) is 36.4 Å². The second-order valence-corrected chi connectivity index (χ2v) is 6.83. The van der Waals surface area contributed by atoms with Crippen molar-refractivity contribution < 1.29 is 23.8 Å². The lowest BCUT2D eigenvalue weighted by atomic mass is 10.1. The molecule has 29 heavy (non-hydrogen) atoms. The Morgan fingerprint density at radius 1 is 1.10 bits per heavy atom. The highest BCUT2D eigenvalue weighted by Crippen LogP contribution is 2.40. The molecule has 1 saturated heterocycles. The molecule has 2 aromatic rings. The topological polar surface area (TPSA) is 77.1 Å². The van der Waals surface area contributed by atoms with E-state index in [1.165, 1.54) is 21.3 Å². The molecule has 0 spiro atoms. The van der Waals surface area contributed by atoms with Crippen LogP contribution in [0, 0.1) is 5.92 Å². The van der Waals surface area contributed by atoms with Gasteiger partial charge in [0.1, 0.15) is 0 Å². The zero-order valence-electron chi connectivity index (χ0n) is 17.2. The zero-order chi connectivity index (χ0) is 21.0. The summed E-state index contributed by atoms with van der Waals surface area (Å²) in [6, 6.07) is 11.2. The van der Waals surface area contributed by atoms with Crippen LogP contribution in [0.25, 0.3) is 0 Å². The van der Waals surface area contributed by atoms with Crippen molar-refractivity contribution in [3.05, 3.63) is 42.0 Å². The molecule has 0 saturated carbocycles. The van der Waals surface area contributed by atoms with E-state index in [1.807, 2.05) is 24.3 Å². The van der Waals surface area contributed by atoms with Crippen LogP contribution in [-0.4, -0.2) is 39.7 Å². The summed E-state index contributed by atoms with van der Waals surface area (Å²) in [5.41, 5.74) is 2.50. The Morgan fingerprint density at radius 3 is 2.38 bits per heavy atom. The zero-order valence-corrected chi connectivity index (χ0v) is 17.2. The third-order valence-electron chi connectivity index (χ3n) is 5.06. The van der Waals surface area contributed by atoms with E-state index in [2.05, 4.69) is 12.2 Å². The summed E-state index contributed by atoms with van der Waals surface area (Å²) in [6.07, 6.45) is 1.06. The number of carbonyl (C=O) groups is 2. The van der Waals surface area contributed by atoms with Crippen molar-refractivity contribution in [3.8, 4) is 17.2 Å². The van der Waals surface area contributed by atoms with E-state index in [0.29, 0.717) is 29.5 Å². The maximum Gasteiger partial charge on any atom is 0.229 e. The highest BCUT2D eigenvalue weighted by Gasteiger charge is 2.35. The summed E-state index contributed by atoms with van der Waals surface area (Å²) >= 11 is 0. The molecular weight excluding hydrogens is 372 g/mol. The van der Waals surface area contributed by atoms with E-state index >= 15 is 0 Å². The number of hydrogen-bond donors (Lipinski definition) is 1. The fourth-order valence-corrected chi connectivity index (χ4v) is 3.47. The molecule has 0 unspecified atom stereocenters. The van der Waals surface area contributed by atoms with E-state index in [0.717, 1.165) is 17.7 Å². The fraction of sp³-hybridized carbons (Fsp3) is 0.364. The molecule has 1 N–H and O–H groups in total. The quantitative estimate of drug-likeness (QED) is 0.775. The first-order valence-corrected chi connectivity index (χ1v) is 9.50. The molecule has 3 rings (SSSR count). The van der Waals surface area contributed by atoms with Crippen LogP contribution in [0.3, 0.4) is 0 Å². The maximum absolute atomic E-state index is 12.8. The largest absolute Gasteiger partial charge is 0.493 e. The molecule has 1 heterocycles. The van der Waals surface area contributed by atoms with Gasteiger partial charge in [-0.2, -0.15) is 0 Å². The van der Waals surface area contributed by atoms with Gasteiger partial charge in [0.25, 0.3) is 0 Å². The first-order chi connectivity index (χ1) is 14.0. The van der Waals surface area contributed by atoms with Crippen molar-refractivity contribution in [2.45, 2.75) is 19.8 Å². The molecule has 7 nitrogen and oxygen atoms in total. The number of aryl methyl sites for hydroxylation is 1. The van der Waals surface area contributed by atoms with Gasteiger partial charge in [0.2, 0.25) is 17.6 Å². The Hall–Kier alpha value is -3.22. The van der Waals surface area contributed by atoms with Gasteiger partial charge in [-0.05, 0) is 24.1 Å². The number of amides is 2. The van der Waals surface area contributed by atoms with E-state index in [-0.39, 0.29) is 18.2 Å². The molecule has 2 aromatic carbocycles. The second-order valence-electron chi connectivity index (χ2n) is 6.83. The Bertz CT molecular complexity index is 887. The summed E-state index contributed by atoms with van der Waals surface area (Å²) in [4.78, 5) is 27.0. The molecule has 1 fully saturated rings. The van der Waals surface area contributed by atoms with Crippen LogP contribution in [0.4, 0.5) is 11.4 Å². The van der Waals surface area contributed by atoms with E-state index in [4.69, 9.17) is 14.2 Å². The highest BCUT2D eigenvalue weighted by molar-refractivity contribution is 6.03. The summed E-state index contributed by atoms with van der Waals surface area (Å²) in [5.74, 6) is 0.633. The number of hydrogen-bond acceptors (Lipinski definition) is 5. The Morgan fingerprint density at radius 2 is 1.79 bits per heavy atom. The van der Waals surface area contributed by atoms with Gasteiger partial charge in [0, 0.05) is 36.5 Å². The number of benzene rings is 2. The Labute approximate surface area is 170 Å². The van der Waals surface area contributed by atoms with Gasteiger partial charge < -0.3 is 24.4 Å². The minimum atomic E-state index is -0.438. The number of rotatable bonds is 7. The van der Waals surface area contributed by atoms with Crippen molar-refractivity contribution in [3.63, 3.8) is 0 Å². The number of carbonyl (C=O) groups excluding carboxylic acids is 2. The van der Waals surface area contributed by atoms with Gasteiger partial charge in [-0.25, -0.2) is 0 Å². The molecule has 0 aromatic heterocycles. The van der Waals surface area contributed by atoms with Crippen LogP contribution in [0.5, 0.6) is 17.2 Å². The SMILES string of the molecule is CCc1cccc(N2C[C@@H](C(=O)Nc3cc(OC)c(OC)c(OC)c3)CC2=O)c1. The van der Waals surface area contributed by atoms with Gasteiger partial charge in [0.05, 0.1) is 27.2 Å². The predicted molar refractivity (Wildman–Crippen MR) is 111 cm³/mol. The van der Waals surface area contributed by atoms with Crippen molar-refractivity contribution in [1.29, 1.82) is 0 Å². The Balaban J connectivity index is 1.75. The molecule has 2 amide bonds. The molecule has 1 aliphatic heterocycles. The van der Waals surface area contributed by atoms with Gasteiger partial charge in [-0.3, -0.25) is 9.59 Å². The number of nitrogens with zero attached hydrogens (tertiary/aromatic N) is 1. The third kappa shape index (κ3) is 4.29. The van der Waals surface area contributed by atoms with E-state index in [9.17, 15) is 9.59 Å². The highest BCUT2D eigenvalue weighted by atomic mass is 16.5. The van der Waals surface area contributed by atoms with Crippen LogP contribution in [0.2, 0.25) is 0 Å². The monoisotopic (exact) mass is 398 g/mol. The Kier molecular flexibility index (Phi) is 6.26. The van der Waals surface area contributed by atoms with E-state index in [1.54, 1.807) is 17.0 Å². The lowest BCUT2D eigenvalue weighted by Gasteiger charge is -2.18. The van der Waals surface area contributed by atoms with Crippen LogP contribution < -0.4 is 24.4 Å². The molecule has 0 bridgehead atoms. The molecular formula is C22H26N2O5. The van der Waals surface area contributed by atoms with Crippen LogP contribution in [0.1, 0.15) is 18.9 Å². The van der Waals surface area contributed by atoms with Crippen molar-refractivity contribution >= 4 is 23.2 Å². The number of ether oxygens (including phenoxy) is 3. The summed E-state index contributed by atoms with van der Waals surface area (Å²) in [5, 5.41) is 2.87. The molecule has 7 heteroatoms. The molecule has 0 radical (unpaired) electrons. The average Bonchev–Trinajstić information content (AvgIpc) is 3.14. The van der Waals surface area contributed by atoms with Crippen LogP contribution >= 0.6 is 0 Å². The second kappa shape index (κ2) is 8.86. The van der Waals surface area contributed by atoms with Gasteiger partial charge in [-0.15, -0.1) is 0 Å². The lowest BCUT2D eigenvalue weighted by molar-refractivity contribution is -0.122. The average molecular weight is 398 g/mol. The lowest BCUT2D eigenvalue weighted by Crippen LogP contribution is -2.28. The molecule has 1 atom stereocenters. The van der Waals surface area contributed by atoms with Crippen LogP contribution in [-0.2, 0) is 16.0 Å². The molecule has 1 aliphatic rings. The fourth-order valence-electron chi connectivity index (χ4n) is 3.47. The number of nitrogens with one attached hydrogen (secondary N) is 1. The molecule has 0 aliphatic carbocycles. The standard InChI is InChI=1S/C22H26N2O5/c1-5-14-7-6-8-17(9-14)24-13-15(10-20(24)25)22(26)23-16-11-18(27-2)21(29-4)19(12-16)28-3/h6-9,11-12,15H,5,10,13H2,1-4H3,(H,23,26)/t15-/m0/s1. The summed E-state index contributed by atoms with van der Waals surface area (Å²) in [7, 11) is 4.55. The van der Waals surface area contributed by atoms with Crippen molar-refractivity contribution in [1.82, 2.24) is 0 Å². The number of methoxy groups -OCH3 is 3. The summed E-state index contributed by atoms with van der Waals surface area (Å²) in [6.45, 7) is 2.42. The van der Waals surface area contributed by atoms with Gasteiger partial charge in [0.15, 0.2) is 11.5 Å². The minimum absolute atomic E-state index is 0.0525. The first-order valence-electron chi connectivity index (χ1n) is 9.50. The van der Waals surface area contributed by atoms with Gasteiger partial charge in [-0.1, -0.05) is 19.1 Å². The van der Waals surface area contributed by atoms with Crippen molar-refractivity contribution in [2.75, 3.05) is 38.1 Å². The maximum atomic E-state index is 12.8. The summed E-state index contributed by atoms with van der Waals surface area (Å²) < 4.78 is 15.9. The normalized spacial score (nSPS) is 15.9. The smallest absolute Gasteiger partial charge is 0.229 e. The third-order valence-corrected chi connectivity index (χ3v) is 5.06. The first kappa shape index (κ1) is 20.5. The van der Waals surface area contributed by atoms with Crippen molar-refractivity contribution in [2.24, 2.45) is 5.92 Å². The minimum Gasteiger partial charge on any atom is -0.493 e. The molecule has 154 valence electrons. The van der Waals surface area contributed by atoms with Gasteiger partial charge >= 0.3 is 0 Å². The van der Waals surface area contributed by atoms with E-state index < -0.39 is 5.92 Å². The predicted octanol–water partition coefficient (Wildman–Crippen LogP) is 3.27.